The van der Waals surface area contributed by atoms with Crippen LogP contribution in [0.15, 0.2) is 24.3 Å². The van der Waals surface area contributed by atoms with Gasteiger partial charge in [-0.15, -0.1) is 0 Å². The van der Waals surface area contributed by atoms with Gasteiger partial charge >= 0.3 is 0 Å². The van der Waals surface area contributed by atoms with Crippen LogP contribution >= 0.6 is 11.6 Å². The first kappa shape index (κ1) is 15.4. The van der Waals surface area contributed by atoms with Gasteiger partial charge in [-0.2, -0.15) is 0 Å². The number of nitrogens with one attached hydrogen (secondary N) is 1. The average Bonchev–Trinajstić information content (AvgIpc) is 3.31. The Bertz CT molecular complexity index is 455. The van der Waals surface area contributed by atoms with Crippen LogP contribution in [0.4, 0.5) is 0 Å². The number of rotatable bonds is 6. The van der Waals surface area contributed by atoms with Gasteiger partial charge in [0.2, 0.25) is 0 Å². The lowest BCUT2D eigenvalue weighted by molar-refractivity contribution is 0.220. The lowest BCUT2D eigenvalue weighted by Gasteiger charge is -2.37. The van der Waals surface area contributed by atoms with Gasteiger partial charge in [-0.3, -0.25) is 0 Å². The summed E-state index contributed by atoms with van der Waals surface area (Å²) in [6.07, 6.45) is 9.54. The third-order valence-corrected chi connectivity index (χ3v) is 5.69. The lowest BCUT2D eigenvalue weighted by Crippen LogP contribution is -2.33. The molecule has 1 nitrogen and oxygen atoms in total. The molecule has 0 spiro atoms. The highest BCUT2D eigenvalue weighted by Gasteiger charge is 2.33. The molecule has 3 atom stereocenters. The summed E-state index contributed by atoms with van der Waals surface area (Å²) in [5, 5.41) is 4.72. The molecule has 0 bridgehead atoms. The summed E-state index contributed by atoms with van der Waals surface area (Å²) in [4.78, 5) is 0. The molecule has 1 aromatic rings. The fraction of sp³-hybridized carbons (Fsp3) is 0.684. The summed E-state index contributed by atoms with van der Waals surface area (Å²) in [6, 6.07) is 9.33. The predicted molar refractivity (Wildman–Crippen MR) is 91.0 cm³/mol. The summed E-state index contributed by atoms with van der Waals surface area (Å²) in [7, 11) is 0. The maximum absolute atomic E-state index is 6.50. The summed E-state index contributed by atoms with van der Waals surface area (Å²) >= 11 is 6.50. The maximum Gasteiger partial charge on any atom is 0.0440 e. The molecule has 0 aliphatic heterocycles. The second-order valence-electron chi connectivity index (χ2n) is 7.04. The van der Waals surface area contributed by atoms with E-state index in [1.165, 1.54) is 57.1 Å². The molecule has 1 aromatic carbocycles. The Labute approximate surface area is 134 Å². The van der Waals surface area contributed by atoms with E-state index in [4.69, 9.17) is 11.6 Å². The minimum absolute atomic E-state index is 0.648. The van der Waals surface area contributed by atoms with Crippen LogP contribution in [0.3, 0.4) is 0 Å². The maximum atomic E-state index is 6.50. The van der Waals surface area contributed by atoms with Crippen molar-refractivity contribution >= 4 is 11.6 Å². The first-order valence-electron chi connectivity index (χ1n) is 8.75. The van der Waals surface area contributed by atoms with Gasteiger partial charge in [0, 0.05) is 11.1 Å². The Morgan fingerprint density at radius 3 is 2.67 bits per heavy atom. The Morgan fingerprint density at radius 1 is 1.14 bits per heavy atom. The minimum Gasteiger partial charge on any atom is -0.314 e. The van der Waals surface area contributed by atoms with E-state index < -0.39 is 0 Å². The smallest absolute Gasteiger partial charge is 0.0440 e. The van der Waals surface area contributed by atoms with Crippen LogP contribution in [0.2, 0.25) is 5.02 Å². The fourth-order valence-corrected chi connectivity index (χ4v) is 4.27. The molecule has 2 aliphatic rings. The van der Waals surface area contributed by atoms with E-state index in [2.05, 4.69) is 36.5 Å². The van der Waals surface area contributed by atoms with Crippen molar-refractivity contribution in [1.29, 1.82) is 0 Å². The van der Waals surface area contributed by atoms with E-state index in [0.29, 0.717) is 5.92 Å². The van der Waals surface area contributed by atoms with Crippen molar-refractivity contribution in [2.24, 2.45) is 11.8 Å². The van der Waals surface area contributed by atoms with Gasteiger partial charge in [0.25, 0.3) is 0 Å². The molecule has 1 N–H and O–H groups in total. The molecule has 21 heavy (non-hydrogen) atoms. The first-order valence-corrected chi connectivity index (χ1v) is 9.13. The van der Waals surface area contributed by atoms with E-state index in [0.717, 1.165) is 22.9 Å². The first-order chi connectivity index (χ1) is 10.3. The molecular formula is C19H28ClN. The molecule has 0 radical (unpaired) electrons. The molecule has 116 valence electrons. The van der Waals surface area contributed by atoms with Crippen molar-refractivity contribution in [2.75, 3.05) is 6.54 Å². The summed E-state index contributed by atoms with van der Waals surface area (Å²) in [6.45, 7) is 3.49. The topological polar surface area (TPSA) is 12.0 Å². The Hall–Kier alpha value is -0.530. The van der Waals surface area contributed by atoms with E-state index in [9.17, 15) is 0 Å². The lowest BCUT2D eigenvalue weighted by atomic mass is 9.70. The van der Waals surface area contributed by atoms with Gasteiger partial charge < -0.3 is 5.32 Å². The van der Waals surface area contributed by atoms with Crippen LogP contribution < -0.4 is 5.32 Å². The SMILES string of the molecule is CCCC1CCC(CNC2CC2)C(c2ccccc2Cl)C1. The van der Waals surface area contributed by atoms with E-state index in [1.54, 1.807) is 0 Å². The van der Waals surface area contributed by atoms with Crippen molar-refractivity contribution < 1.29 is 0 Å². The molecule has 2 aliphatic carbocycles. The van der Waals surface area contributed by atoms with Gasteiger partial charge in [0.05, 0.1) is 0 Å². The van der Waals surface area contributed by atoms with Crippen LogP contribution in [0.25, 0.3) is 0 Å². The third kappa shape index (κ3) is 4.02. The zero-order valence-corrected chi connectivity index (χ0v) is 13.9. The zero-order valence-electron chi connectivity index (χ0n) is 13.2. The largest absolute Gasteiger partial charge is 0.314 e. The molecule has 2 heteroatoms. The molecule has 3 unspecified atom stereocenters. The highest BCUT2D eigenvalue weighted by atomic mass is 35.5. The standard InChI is InChI=1S/C19H28ClN/c1-2-5-14-8-9-15(13-21-16-10-11-16)18(12-14)17-6-3-4-7-19(17)20/h3-4,6-7,14-16,18,21H,2,5,8-13H2,1H3. The predicted octanol–water partition coefficient (Wildman–Crippen LogP) is 5.39. The van der Waals surface area contributed by atoms with Crippen molar-refractivity contribution in [3.63, 3.8) is 0 Å². The van der Waals surface area contributed by atoms with Gasteiger partial charge in [-0.1, -0.05) is 56.0 Å². The average molecular weight is 306 g/mol. The van der Waals surface area contributed by atoms with Crippen molar-refractivity contribution in [3.8, 4) is 0 Å². The number of halogens is 1. The molecule has 2 fully saturated rings. The second kappa shape index (κ2) is 7.15. The molecule has 2 saturated carbocycles. The Kier molecular flexibility index (Phi) is 5.24. The van der Waals surface area contributed by atoms with Gasteiger partial charge in [0.15, 0.2) is 0 Å². The third-order valence-electron chi connectivity index (χ3n) is 5.35. The monoisotopic (exact) mass is 305 g/mol. The second-order valence-corrected chi connectivity index (χ2v) is 7.45. The van der Waals surface area contributed by atoms with Crippen LogP contribution in [-0.4, -0.2) is 12.6 Å². The summed E-state index contributed by atoms with van der Waals surface area (Å²) in [5.74, 6) is 2.31. The van der Waals surface area contributed by atoms with E-state index in [1.807, 2.05) is 0 Å². The van der Waals surface area contributed by atoms with Crippen LogP contribution in [0.1, 0.15) is 63.4 Å². The van der Waals surface area contributed by atoms with Gasteiger partial charge in [-0.05, 0) is 61.6 Å². The minimum atomic E-state index is 0.648. The highest BCUT2D eigenvalue weighted by molar-refractivity contribution is 6.31. The molecule has 0 aromatic heterocycles. The fourth-order valence-electron chi connectivity index (χ4n) is 4.00. The van der Waals surface area contributed by atoms with Crippen molar-refractivity contribution in [2.45, 2.75) is 63.8 Å². The zero-order chi connectivity index (χ0) is 14.7. The quantitative estimate of drug-likeness (QED) is 0.743. The molecule has 0 saturated heterocycles. The molecule has 0 heterocycles. The van der Waals surface area contributed by atoms with Gasteiger partial charge in [-0.25, -0.2) is 0 Å². The van der Waals surface area contributed by atoms with Crippen LogP contribution in [0.5, 0.6) is 0 Å². The Morgan fingerprint density at radius 2 is 1.95 bits per heavy atom. The van der Waals surface area contributed by atoms with E-state index in [-0.39, 0.29) is 0 Å². The van der Waals surface area contributed by atoms with E-state index >= 15 is 0 Å². The molecular weight excluding hydrogens is 278 g/mol. The number of hydrogen-bond donors (Lipinski definition) is 1. The summed E-state index contributed by atoms with van der Waals surface area (Å²) < 4.78 is 0. The van der Waals surface area contributed by atoms with Crippen molar-refractivity contribution in [3.05, 3.63) is 34.9 Å². The summed E-state index contributed by atoms with van der Waals surface area (Å²) in [5.41, 5.74) is 1.39. The number of hydrogen-bond acceptors (Lipinski definition) is 1. The highest BCUT2D eigenvalue weighted by Crippen LogP contribution is 2.44. The Balaban J connectivity index is 1.72. The normalized spacial score (nSPS) is 29.5. The molecule has 0 amide bonds. The van der Waals surface area contributed by atoms with Crippen LogP contribution in [0, 0.1) is 11.8 Å². The van der Waals surface area contributed by atoms with Crippen molar-refractivity contribution in [1.82, 2.24) is 5.32 Å². The van der Waals surface area contributed by atoms with Gasteiger partial charge in [0.1, 0.15) is 0 Å². The molecule has 3 rings (SSSR count). The van der Waals surface area contributed by atoms with Crippen LogP contribution in [-0.2, 0) is 0 Å². The number of benzene rings is 1.